The Morgan fingerprint density at radius 1 is 1.29 bits per heavy atom. The second-order valence-corrected chi connectivity index (χ2v) is 7.89. The van der Waals surface area contributed by atoms with Gasteiger partial charge in [0.05, 0.1) is 6.54 Å². The van der Waals surface area contributed by atoms with Gasteiger partial charge in [-0.1, -0.05) is 25.4 Å². The third kappa shape index (κ3) is 4.46. The number of rotatable bonds is 3. The molecule has 3 heterocycles. The van der Waals surface area contributed by atoms with Crippen molar-refractivity contribution in [1.82, 2.24) is 9.13 Å². The highest BCUT2D eigenvalue weighted by Gasteiger charge is 2.24. The van der Waals surface area contributed by atoms with Crippen molar-refractivity contribution < 1.29 is 4.39 Å². The molecule has 1 aliphatic heterocycles. The predicted molar refractivity (Wildman–Crippen MR) is 123 cm³/mol. The molecular formula is C23H27ClFN5O. The minimum atomic E-state index is -0.387. The first kappa shape index (κ1) is 22.9. The molecule has 1 atom stereocenters. The molecule has 0 bridgehead atoms. The van der Waals surface area contributed by atoms with Crippen molar-refractivity contribution in [2.24, 2.45) is 12.8 Å². The Kier molecular flexibility index (Phi) is 7.04. The van der Waals surface area contributed by atoms with Crippen LogP contribution in [0.1, 0.15) is 37.9 Å². The number of anilines is 1. The zero-order valence-corrected chi connectivity index (χ0v) is 18.8. The molecule has 2 N–H and O–H groups in total. The van der Waals surface area contributed by atoms with Gasteiger partial charge in [0.25, 0.3) is 5.56 Å². The molecule has 0 unspecified atom stereocenters. The largest absolute Gasteiger partial charge is 0.356 e. The number of hydrogen-bond acceptors (Lipinski definition) is 4. The third-order valence-corrected chi connectivity index (χ3v) is 5.87. The Balaban J connectivity index is 0.00000132. The number of halogens is 2. The van der Waals surface area contributed by atoms with Crippen LogP contribution in [0.15, 0.2) is 35.1 Å². The molecule has 4 rings (SSSR count). The lowest BCUT2D eigenvalue weighted by molar-refractivity contribution is 0.498. The van der Waals surface area contributed by atoms with E-state index in [1.54, 1.807) is 13.1 Å². The molecule has 1 aromatic carbocycles. The molecule has 31 heavy (non-hydrogen) atoms. The van der Waals surface area contributed by atoms with E-state index in [1.807, 2.05) is 24.5 Å². The van der Waals surface area contributed by atoms with Crippen molar-refractivity contribution in [2.45, 2.75) is 39.3 Å². The van der Waals surface area contributed by atoms with Crippen LogP contribution >= 0.6 is 11.6 Å². The molecule has 0 aliphatic carbocycles. The van der Waals surface area contributed by atoms with Gasteiger partial charge in [-0.25, -0.2) is 4.39 Å². The van der Waals surface area contributed by atoms with E-state index in [2.05, 4.69) is 11.0 Å². The smallest absolute Gasteiger partial charge is 0.275 e. The maximum atomic E-state index is 13.8. The van der Waals surface area contributed by atoms with Gasteiger partial charge >= 0.3 is 0 Å². The first-order chi connectivity index (χ1) is 14.9. The summed E-state index contributed by atoms with van der Waals surface area (Å²) in [6.45, 7) is 5.72. The fraction of sp³-hybridized carbons (Fsp3) is 0.391. The van der Waals surface area contributed by atoms with E-state index in [9.17, 15) is 14.4 Å². The summed E-state index contributed by atoms with van der Waals surface area (Å²) in [5, 5.41) is 10.5. The molecule has 0 amide bonds. The molecule has 0 radical (unpaired) electrons. The average molecular weight is 444 g/mol. The monoisotopic (exact) mass is 443 g/mol. The molecule has 1 saturated heterocycles. The summed E-state index contributed by atoms with van der Waals surface area (Å²) in [4.78, 5) is 15.2. The number of hydrogen-bond donors (Lipinski definition) is 1. The number of nitrogens with zero attached hydrogens (tertiary/aromatic N) is 4. The van der Waals surface area contributed by atoms with Gasteiger partial charge < -0.3 is 19.8 Å². The standard InChI is InChI=1S/C21H21ClFN5O.C2H6/c1-26-17(10-24)8-13-9-19(27-6-2-3-16(25)12-27)28(20(13)21(26)29)11-14-7-15(23)4-5-18(14)22;1-2/h4-5,7-9,16H,2-3,6,11-12,25H2,1H3;1-2H3/t16-;/m1./s1. The normalized spacial score (nSPS) is 16.0. The molecular weight excluding hydrogens is 417 g/mol. The lowest BCUT2D eigenvalue weighted by Crippen LogP contribution is -2.43. The van der Waals surface area contributed by atoms with Crippen LogP contribution in [0.5, 0.6) is 0 Å². The van der Waals surface area contributed by atoms with Gasteiger partial charge in [0.15, 0.2) is 0 Å². The molecule has 0 saturated carbocycles. The summed E-state index contributed by atoms with van der Waals surface area (Å²) >= 11 is 6.30. The molecule has 3 aromatic rings. The maximum absolute atomic E-state index is 13.8. The number of pyridine rings is 1. The minimum Gasteiger partial charge on any atom is -0.356 e. The van der Waals surface area contributed by atoms with Crippen LogP contribution in [0.4, 0.5) is 10.2 Å². The number of fused-ring (bicyclic) bond motifs is 1. The molecule has 2 aromatic heterocycles. The number of aromatic nitrogens is 2. The quantitative estimate of drug-likeness (QED) is 0.663. The van der Waals surface area contributed by atoms with E-state index in [1.165, 1.54) is 22.8 Å². The number of benzene rings is 1. The van der Waals surface area contributed by atoms with Crippen LogP contribution in [0.25, 0.3) is 10.9 Å². The zero-order valence-electron chi connectivity index (χ0n) is 18.0. The van der Waals surface area contributed by atoms with Crippen molar-refractivity contribution in [3.8, 4) is 6.07 Å². The van der Waals surface area contributed by atoms with Gasteiger partial charge in [-0.15, -0.1) is 0 Å². The van der Waals surface area contributed by atoms with Gasteiger partial charge in [0, 0.05) is 36.6 Å². The summed E-state index contributed by atoms with van der Waals surface area (Å²) < 4.78 is 17.0. The lowest BCUT2D eigenvalue weighted by Gasteiger charge is -2.33. The minimum absolute atomic E-state index is 0.0467. The third-order valence-electron chi connectivity index (χ3n) is 5.50. The van der Waals surface area contributed by atoms with Crippen molar-refractivity contribution in [2.75, 3.05) is 18.0 Å². The van der Waals surface area contributed by atoms with Crippen molar-refractivity contribution >= 4 is 28.3 Å². The fourth-order valence-corrected chi connectivity index (χ4v) is 4.18. The van der Waals surface area contributed by atoms with E-state index in [-0.39, 0.29) is 29.7 Å². The Hall–Kier alpha value is -2.82. The highest BCUT2D eigenvalue weighted by Crippen LogP contribution is 2.30. The second kappa shape index (κ2) is 9.54. The fourth-order valence-electron chi connectivity index (χ4n) is 4.00. The highest BCUT2D eigenvalue weighted by atomic mass is 35.5. The molecule has 164 valence electrons. The number of nitriles is 1. The van der Waals surface area contributed by atoms with Crippen molar-refractivity contribution in [1.29, 1.82) is 5.26 Å². The molecule has 6 nitrogen and oxygen atoms in total. The van der Waals surface area contributed by atoms with Crippen LogP contribution in [-0.2, 0) is 13.6 Å². The zero-order chi connectivity index (χ0) is 22.7. The van der Waals surface area contributed by atoms with Gasteiger partial charge in [-0.3, -0.25) is 4.79 Å². The van der Waals surface area contributed by atoms with Gasteiger partial charge in [-0.2, -0.15) is 5.26 Å². The first-order valence-electron chi connectivity index (χ1n) is 10.5. The maximum Gasteiger partial charge on any atom is 0.275 e. The molecule has 1 aliphatic rings. The van der Waals surface area contributed by atoms with Crippen LogP contribution in [0.3, 0.4) is 0 Å². The first-order valence-corrected chi connectivity index (χ1v) is 10.8. The topological polar surface area (TPSA) is 80.0 Å². The summed E-state index contributed by atoms with van der Waals surface area (Å²) in [6, 6.07) is 9.92. The summed E-state index contributed by atoms with van der Waals surface area (Å²) in [5.74, 6) is 0.435. The van der Waals surface area contributed by atoms with Crippen LogP contribution < -0.4 is 16.2 Å². The van der Waals surface area contributed by atoms with E-state index >= 15 is 0 Å². The summed E-state index contributed by atoms with van der Waals surface area (Å²) in [5.41, 5.74) is 7.22. The van der Waals surface area contributed by atoms with Gasteiger partial charge in [-0.05, 0) is 48.7 Å². The number of piperidine rings is 1. The van der Waals surface area contributed by atoms with Crippen LogP contribution in [-0.4, -0.2) is 28.3 Å². The average Bonchev–Trinajstić information content (AvgIpc) is 3.13. The van der Waals surface area contributed by atoms with Gasteiger partial charge in [0.1, 0.15) is 28.9 Å². The summed E-state index contributed by atoms with van der Waals surface area (Å²) in [6.07, 6.45) is 1.90. The van der Waals surface area contributed by atoms with E-state index < -0.39 is 0 Å². The van der Waals surface area contributed by atoms with Crippen molar-refractivity contribution in [3.05, 3.63) is 62.8 Å². The molecule has 0 spiro atoms. The van der Waals surface area contributed by atoms with Crippen LogP contribution in [0.2, 0.25) is 5.02 Å². The Labute approximate surface area is 186 Å². The number of nitrogens with two attached hydrogens (primary N) is 1. The Morgan fingerprint density at radius 2 is 2.03 bits per heavy atom. The molecule has 1 fully saturated rings. The summed E-state index contributed by atoms with van der Waals surface area (Å²) in [7, 11) is 1.57. The van der Waals surface area contributed by atoms with E-state index in [0.717, 1.165) is 25.2 Å². The highest BCUT2D eigenvalue weighted by molar-refractivity contribution is 6.31. The van der Waals surface area contributed by atoms with Gasteiger partial charge in [0.2, 0.25) is 0 Å². The lowest BCUT2D eigenvalue weighted by atomic mass is 10.1. The van der Waals surface area contributed by atoms with Crippen molar-refractivity contribution in [3.63, 3.8) is 0 Å². The Morgan fingerprint density at radius 3 is 2.71 bits per heavy atom. The second-order valence-electron chi connectivity index (χ2n) is 7.48. The Bertz CT molecular complexity index is 1190. The predicted octanol–water partition coefficient (Wildman–Crippen LogP) is 4.01. The SMILES string of the molecule is CC.Cn1c(C#N)cc2cc(N3CCC[C@@H](N)C3)n(Cc3cc(F)ccc3Cl)c2c1=O. The van der Waals surface area contributed by atoms with E-state index in [0.29, 0.717) is 28.0 Å². The molecule has 8 heteroatoms. The van der Waals surface area contributed by atoms with Crippen LogP contribution in [0, 0.1) is 17.1 Å². The van der Waals surface area contributed by atoms with E-state index in [4.69, 9.17) is 17.3 Å².